The van der Waals surface area contributed by atoms with Gasteiger partial charge in [-0.3, -0.25) is 0 Å². The topological polar surface area (TPSA) is 72.3 Å². The van der Waals surface area contributed by atoms with Crippen LogP contribution < -0.4 is 4.74 Å². The number of alkyl halides is 3. The van der Waals surface area contributed by atoms with Gasteiger partial charge in [0, 0.05) is 16.8 Å². The smallest absolute Gasteiger partial charge is 0.416 e. The Hall–Kier alpha value is -3.13. The van der Waals surface area contributed by atoms with E-state index < -0.39 is 17.7 Å². The van der Waals surface area contributed by atoms with Crippen LogP contribution in [0.1, 0.15) is 21.5 Å². The van der Waals surface area contributed by atoms with E-state index in [1.54, 1.807) is 24.3 Å². The summed E-state index contributed by atoms with van der Waals surface area (Å²) in [5.74, 6) is -1.37. The number of carbonyl (C=O) groups is 1. The Morgan fingerprint density at radius 1 is 1.14 bits per heavy atom. The number of carboxylic acid groups (broad SMARTS) is 1. The van der Waals surface area contributed by atoms with Crippen LogP contribution in [0.25, 0.3) is 11.4 Å². The van der Waals surface area contributed by atoms with Crippen LogP contribution in [0.2, 0.25) is 5.02 Å². The van der Waals surface area contributed by atoms with Gasteiger partial charge in [-0.15, -0.1) is 0 Å². The van der Waals surface area contributed by atoms with Crippen molar-refractivity contribution in [3.05, 3.63) is 76.4 Å². The van der Waals surface area contributed by atoms with E-state index in [1.807, 2.05) is 0 Å². The zero-order valence-electron chi connectivity index (χ0n) is 14.1. The molecule has 3 rings (SSSR count). The van der Waals surface area contributed by atoms with Crippen molar-refractivity contribution < 1.29 is 27.8 Å². The Morgan fingerprint density at radius 2 is 1.86 bits per heavy atom. The lowest BCUT2D eigenvalue weighted by molar-refractivity contribution is -0.137. The molecule has 2 aromatic carbocycles. The van der Waals surface area contributed by atoms with E-state index in [0.29, 0.717) is 10.6 Å². The summed E-state index contributed by atoms with van der Waals surface area (Å²) in [6.07, 6.45) is -3.40. The highest BCUT2D eigenvalue weighted by Gasteiger charge is 2.30. The molecule has 0 spiro atoms. The van der Waals surface area contributed by atoms with Crippen LogP contribution >= 0.6 is 11.6 Å². The summed E-state index contributed by atoms with van der Waals surface area (Å²) in [4.78, 5) is 19.5. The van der Waals surface area contributed by atoms with Crippen LogP contribution in [-0.2, 0) is 12.8 Å². The Labute approximate surface area is 162 Å². The van der Waals surface area contributed by atoms with Crippen LogP contribution in [0, 0.1) is 0 Å². The summed E-state index contributed by atoms with van der Waals surface area (Å²) < 4.78 is 43.9. The van der Waals surface area contributed by atoms with E-state index >= 15 is 0 Å². The second-order valence-corrected chi connectivity index (χ2v) is 6.15. The Kier molecular flexibility index (Phi) is 5.51. The average Bonchev–Trinajstić information content (AvgIpc) is 2.66. The largest absolute Gasteiger partial charge is 0.477 e. The fourth-order valence-electron chi connectivity index (χ4n) is 2.35. The zero-order chi connectivity index (χ0) is 20.3. The molecule has 0 saturated carbocycles. The van der Waals surface area contributed by atoms with Crippen LogP contribution in [-0.4, -0.2) is 21.0 Å². The molecule has 144 valence electrons. The number of aromatic nitrogens is 2. The van der Waals surface area contributed by atoms with Gasteiger partial charge in [0.1, 0.15) is 12.2 Å². The lowest BCUT2D eigenvalue weighted by Gasteiger charge is -2.11. The fraction of sp³-hybridized carbons (Fsp3) is 0.105. The Morgan fingerprint density at radius 3 is 2.50 bits per heavy atom. The van der Waals surface area contributed by atoms with Crippen molar-refractivity contribution in [1.29, 1.82) is 0 Å². The molecular formula is C19H12ClF3N2O3. The van der Waals surface area contributed by atoms with Gasteiger partial charge < -0.3 is 9.84 Å². The molecule has 0 amide bonds. The molecule has 1 heterocycles. The molecule has 3 aromatic rings. The van der Waals surface area contributed by atoms with Crippen LogP contribution in [0.4, 0.5) is 13.2 Å². The van der Waals surface area contributed by atoms with Crippen molar-refractivity contribution in [2.75, 3.05) is 0 Å². The van der Waals surface area contributed by atoms with Gasteiger partial charge in [0.15, 0.2) is 5.82 Å². The van der Waals surface area contributed by atoms with Crippen molar-refractivity contribution in [1.82, 2.24) is 9.97 Å². The molecular weight excluding hydrogens is 397 g/mol. The van der Waals surface area contributed by atoms with Gasteiger partial charge in [0.25, 0.3) is 0 Å². The minimum atomic E-state index is -4.49. The van der Waals surface area contributed by atoms with Crippen molar-refractivity contribution in [2.24, 2.45) is 0 Å². The minimum Gasteiger partial charge on any atom is -0.477 e. The summed E-state index contributed by atoms with van der Waals surface area (Å²) in [6.45, 7) is -0.290. The highest BCUT2D eigenvalue weighted by atomic mass is 35.5. The normalized spacial score (nSPS) is 11.3. The number of aromatic carboxylic acids is 1. The highest BCUT2D eigenvalue weighted by Crippen LogP contribution is 2.30. The SMILES string of the molecule is O=C(O)c1cnc(-c2ccc(Cl)cc2)nc1OCc1cccc(C(F)(F)F)c1. The molecule has 1 N–H and O–H groups in total. The summed E-state index contributed by atoms with van der Waals surface area (Å²) in [7, 11) is 0. The molecule has 5 nitrogen and oxygen atoms in total. The molecule has 0 radical (unpaired) electrons. The molecule has 9 heteroatoms. The van der Waals surface area contributed by atoms with Gasteiger partial charge in [0.2, 0.25) is 5.88 Å². The number of rotatable bonds is 5. The average molecular weight is 409 g/mol. The molecule has 1 aromatic heterocycles. The van der Waals surface area contributed by atoms with Crippen molar-refractivity contribution in [3.8, 4) is 17.3 Å². The number of halogens is 4. The van der Waals surface area contributed by atoms with Crippen molar-refractivity contribution >= 4 is 17.6 Å². The summed E-state index contributed by atoms with van der Waals surface area (Å²) in [5.41, 5.74) is -0.329. The van der Waals surface area contributed by atoms with E-state index in [0.717, 1.165) is 18.3 Å². The quantitative estimate of drug-likeness (QED) is 0.636. The van der Waals surface area contributed by atoms with E-state index in [-0.39, 0.29) is 29.4 Å². The highest BCUT2D eigenvalue weighted by molar-refractivity contribution is 6.30. The summed E-state index contributed by atoms with van der Waals surface area (Å²) >= 11 is 5.84. The van der Waals surface area contributed by atoms with E-state index in [4.69, 9.17) is 16.3 Å². The van der Waals surface area contributed by atoms with Crippen molar-refractivity contribution in [2.45, 2.75) is 12.8 Å². The minimum absolute atomic E-state index is 0.195. The number of hydrogen-bond acceptors (Lipinski definition) is 4. The maximum atomic E-state index is 12.8. The monoisotopic (exact) mass is 408 g/mol. The standard InChI is InChI=1S/C19H12ClF3N2O3/c20-14-6-4-12(5-7-14)16-24-9-15(18(26)27)17(25-16)28-10-11-2-1-3-13(8-11)19(21,22)23/h1-9H,10H2,(H,26,27). The second kappa shape index (κ2) is 7.85. The van der Waals surface area contributed by atoms with E-state index in [1.165, 1.54) is 12.1 Å². The molecule has 0 aliphatic rings. The first-order chi connectivity index (χ1) is 13.2. The van der Waals surface area contributed by atoms with Gasteiger partial charge in [-0.1, -0.05) is 23.7 Å². The zero-order valence-corrected chi connectivity index (χ0v) is 14.8. The number of ether oxygens (including phenoxy) is 1. The first-order valence-corrected chi connectivity index (χ1v) is 8.27. The predicted molar refractivity (Wildman–Crippen MR) is 95.2 cm³/mol. The van der Waals surface area contributed by atoms with Gasteiger partial charge in [-0.05, 0) is 42.0 Å². The Balaban J connectivity index is 1.89. The fourth-order valence-corrected chi connectivity index (χ4v) is 2.48. The lowest BCUT2D eigenvalue weighted by atomic mass is 10.1. The van der Waals surface area contributed by atoms with Crippen LogP contribution in [0.15, 0.2) is 54.7 Å². The number of benzene rings is 2. The molecule has 0 bridgehead atoms. The summed E-state index contributed by atoms with van der Waals surface area (Å²) in [6, 6.07) is 11.1. The first kappa shape index (κ1) is 19.6. The van der Waals surface area contributed by atoms with Gasteiger partial charge in [0.05, 0.1) is 5.56 Å². The predicted octanol–water partition coefficient (Wildman–Crippen LogP) is 5.09. The maximum Gasteiger partial charge on any atom is 0.416 e. The first-order valence-electron chi connectivity index (χ1n) is 7.89. The lowest BCUT2D eigenvalue weighted by Crippen LogP contribution is -2.09. The van der Waals surface area contributed by atoms with Gasteiger partial charge in [-0.2, -0.15) is 18.2 Å². The maximum absolute atomic E-state index is 12.8. The molecule has 0 atom stereocenters. The second-order valence-electron chi connectivity index (χ2n) is 5.71. The van der Waals surface area contributed by atoms with Crippen LogP contribution in [0.5, 0.6) is 5.88 Å². The third kappa shape index (κ3) is 4.58. The summed E-state index contributed by atoms with van der Waals surface area (Å²) in [5, 5.41) is 9.79. The number of hydrogen-bond donors (Lipinski definition) is 1. The third-order valence-corrected chi connectivity index (χ3v) is 3.97. The number of carboxylic acids is 1. The molecule has 0 aliphatic heterocycles. The van der Waals surface area contributed by atoms with Gasteiger partial charge in [-0.25, -0.2) is 9.78 Å². The van der Waals surface area contributed by atoms with Crippen LogP contribution in [0.3, 0.4) is 0 Å². The molecule has 0 saturated heterocycles. The van der Waals surface area contributed by atoms with Crippen molar-refractivity contribution in [3.63, 3.8) is 0 Å². The molecule has 0 aliphatic carbocycles. The molecule has 0 unspecified atom stereocenters. The van der Waals surface area contributed by atoms with E-state index in [9.17, 15) is 23.1 Å². The van der Waals surface area contributed by atoms with Gasteiger partial charge >= 0.3 is 12.1 Å². The van der Waals surface area contributed by atoms with E-state index in [2.05, 4.69) is 9.97 Å². The Bertz CT molecular complexity index is 1010. The molecule has 28 heavy (non-hydrogen) atoms. The molecule has 0 fully saturated rings. The number of nitrogens with zero attached hydrogens (tertiary/aromatic N) is 2. The third-order valence-electron chi connectivity index (χ3n) is 3.72.